The minimum atomic E-state index is -4.69. The Kier molecular flexibility index (Phi) is 12.8. The second-order valence-electron chi connectivity index (χ2n) is 0.946. The van der Waals surface area contributed by atoms with Gasteiger partial charge in [-0.15, -0.1) is 0 Å². The summed E-state index contributed by atoms with van der Waals surface area (Å²) in [7, 11) is -3.94. The molecule has 0 aromatic carbocycles. The Morgan fingerprint density at radius 2 is 1.80 bits per heavy atom. The molecule has 0 spiro atoms. The molecule has 0 saturated carbocycles. The summed E-state index contributed by atoms with van der Waals surface area (Å²) < 4.78 is 13.4. The minimum absolute atomic E-state index is 0. The second kappa shape index (κ2) is 7.28. The van der Waals surface area contributed by atoms with Gasteiger partial charge < -0.3 is 23.9 Å². The zero-order valence-corrected chi connectivity index (χ0v) is 10.9. The van der Waals surface area contributed by atoms with Gasteiger partial charge in [0.1, 0.15) is 5.71 Å². The molecule has 0 aliphatic rings. The quantitative estimate of drug-likeness (QED) is 0.314. The van der Waals surface area contributed by atoms with Crippen molar-refractivity contribution < 1.29 is 83.0 Å². The van der Waals surface area contributed by atoms with Crippen LogP contribution in [-0.2, 0) is 9.09 Å². The van der Waals surface area contributed by atoms with Crippen LogP contribution in [0.3, 0.4) is 0 Å². The molecule has 1 unspecified atom stereocenters. The van der Waals surface area contributed by atoms with Crippen LogP contribution in [0.1, 0.15) is 0 Å². The first kappa shape index (κ1) is 17.6. The van der Waals surface area contributed by atoms with Crippen LogP contribution in [0.2, 0.25) is 0 Å². The molecule has 0 fully saturated rings. The Balaban J connectivity index is -0.000000245. The van der Waals surface area contributed by atoms with Gasteiger partial charge in [0.2, 0.25) is 0 Å². The zero-order chi connectivity index (χ0) is 6.78. The summed E-state index contributed by atoms with van der Waals surface area (Å²) in [5, 5.41) is 9.44. The molecule has 0 aromatic heterocycles. The molecule has 5 nitrogen and oxygen atoms in total. The van der Waals surface area contributed by atoms with Gasteiger partial charge in [-0.25, -0.2) is 0 Å². The Morgan fingerprint density at radius 1 is 1.50 bits per heavy atom. The van der Waals surface area contributed by atoms with E-state index in [1.165, 1.54) is 0 Å². The first-order valence-corrected chi connectivity index (χ1v) is 3.13. The van der Waals surface area contributed by atoms with Crippen molar-refractivity contribution in [1.29, 1.82) is 0 Å². The van der Waals surface area contributed by atoms with E-state index in [1.54, 1.807) is 0 Å². The van der Waals surface area contributed by atoms with Gasteiger partial charge in [0.25, 0.3) is 0 Å². The molecule has 0 saturated heterocycles. The maximum absolute atomic E-state index is 9.84. The SMILES string of the molecule is COP(=O)([O-])C(=O)[O-].[Na+].[Na+]. The fourth-order valence-electron chi connectivity index (χ4n) is 0.0745. The standard InChI is InChI=1S/C2H5O5P.2Na/c1-7-8(5,6)2(3)4;;/h1H3,(H,3,4)(H,5,6);;/q;2*+1/p-2. The normalized spacial score (nSPS) is 13.8. The van der Waals surface area contributed by atoms with Crippen molar-refractivity contribution in [3.05, 3.63) is 0 Å². The van der Waals surface area contributed by atoms with Gasteiger partial charge in [-0.1, -0.05) is 0 Å². The first-order valence-electron chi connectivity index (χ1n) is 1.59. The van der Waals surface area contributed by atoms with E-state index in [0.717, 1.165) is 7.11 Å². The van der Waals surface area contributed by atoms with Crippen LogP contribution in [0.25, 0.3) is 0 Å². The van der Waals surface area contributed by atoms with E-state index in [-0.39, 0.29) is 59.1 Å². The number of carbonyl (C=O) groups is 1. The topological polar surface area (TPSA) is 89.5 Å². The fourth-order valence-corrected chi connectivity index (χ4v) is 0.224. The van der Waals surface area contributed by atoms with Crippen LogP contribution in [0, 0.1) is 0 Å². The molecule has 10 heavy (non-hydrogen) atoms. The summed E-state index contributed by atoms with van der Waals surface area (Å²) in [5.41, 5.74) is -2.19. The van der Waals surface area contributed by atoms with Crippen LogP contribution in [0.5, 0.6) is 0 Å². The summed E-state index contributed by atoms with van der Waals surface area (Å²) in [4.78, 5) is 19.3. The van der Waals surface area contributed by atoms with Gasteiger partial charge in [0.15, 0.2) is 7.60 Å². The summed E-state index contributed by atoms with van der Waals surface area (Å²) in [6.07, 6.45) is 0. The molecule has 0 heterocycles. The molecular weight excluding hydrogens is 181 g/mol. The van der Waals surface area contributed by atoms with Crippen LogP contribution in [0.4, 0.5) is 4.79 Å². The second-order valence-corrected chi connectivity index (χ2v) is 2.67. The molecule has 0 radical (unpaired) electrons. The van der Waals surface area contributed by atoms with E-state index < -0.39 is 13.3 Å². The number of hydrogen-bond acceptors (Lipinski definition) is 5. The molecule has 1 atom stereocenters. The average molecular weight is 184 g/mol. The van der Waals surface area contributed by atoms with E-state index >= 15 is 0 Å². The minimum Gasteiger partial charge on any atom is -0.774 e. The Morgan fingerprint density at radius 3 is 1.80 bits per heavy atom. The third-order valence-corrected chi connectivity index (χ3v) is 1.39. The fraction of sp³-hybridized carbons (Fsp3) is 0.500. The van der Waals surface area contributed by atoms with E-state index in [9.17, 15) is 19.4 Å². The number of rotatable bonds is 2. The van der Waals surface area contributed by atoms with Crippen molar-refractivity contribution >= 4 is 13.3 Å². The Labute approximate surface area is 102 Å². The monoisotopic (exact) mass is 184 g/mol. The number of hydrogen-bond donors (Lipinski definition) is 0. The largest absolute Gasteiger partial charge is 1.00 e. The predicted octanol–water partition coefficient (Wildman–Crippen LogP) is -7.46. The molecule has 0 aromatic rings. The van der Waals surface area contributed by atoms with Crippen molar-refractivity contribution in [1.82, 2.24) is 0 Å². The van der Waals surface area contributed by atoms with Crippen molar-refractivity contribution in [3.63, 3.8) is 0 Å². The van der Waals surface area contributed by atoms with Gasteiger partial charge in [-0.05, 0) is 0 Å². The van der Waals surface area contributed by atoms with Crippen LogP contribution >= 0.6 is 7.60 Å². The molecule has 0 aliphatic carbocycles. The molecule has 8 heteroatoms. The maximum Gasteiger partial charge on any atom is 1.00 e. The Bertz CT molecular complexity index is 147. The van der Waals surface area contributed by atoms with E-state index in [4.69, 9.17) is 0 Å². The molecular formula is C2H3Na2O5P. The number of carbonyl (C=O) groups excluding carboxylic acids is 1. The van der Waals surface area contributed by atoms with Crippen LogP contribution < -0.4 is 69.1 Å². The van der Waals surface area contributed by atoms with Gasteiger partial charge in [0.05, 0.1) is 0 Å². The summed E-state index contributed by atoms with van der Waals surface area (Å²) in [5.74, 6) is 0. The summed E-state index contributed by atoms with van der Waals surface area (Å²) >= 11 is 0. The van der Waals surface area contributed by atoms with Crippen LogP contribution in [-0.4, -0.2) is 12.8 Å². The van der Waals surface area contributed by atoms with Crippen molar-refractivity contribution in [2.75, 3.05) is 7.11 Å². The van der Waals surface area contributed by atoms with Crippen molar-refractivity contribution in [2.24, 2.45) is 0 Å². The van der Waals surface area contributed by atoms with Crippen molar-refractivity contribution in [3.8, 4) is 0 Å². The van der Waals surface area contributed by atoms with E-state index in [2.05, 4.69) is 4.52 Å². The molecule has 0 amide bonds. The smallest absolute Gasteiger partial charge is 0.774 e. The molecule has 48 valence electrons. The Hall–Kier alpha value is 1.62. The zero-order valence-electron chi connectivity index (χ0n) is 5.99. The third-order valence-electron chi connectivity index (χ3n) is 0.464. The van der Waals surface area contributed by atoms with Gasteiger partial charge >= 0.3 is 59.1 Å². The van der Waals surface area contributed by atoms with E-state index in [0.29, 0.717) is 0 Å². The average Bonchev–Trinajstić information content (AvgIpc) is 1.67. The van der Waals surface area contributed by atoms with Gasteiger partial charge in [-0.3, -0.25) is 0 Å². The van der Waals surface area contributed by atoms with Crippen LogP contribution in [0.15, 0.2) is 0 Å². The molecule has 0 N–H and O–H groups in total. The molecule has 0 aliphatic heterocycles. The third kappa shape index (κ3) is 6.34. The summed E-state index contributed by atoms with van der Waals surface area (Å²) in [6, 6.07) is 0. The number of carboxylic acid groups (broad SMARTS) is 1. The summed E-state index contributed by atoms with van der Waals surface area (Å²) in [6.45, 7) is 0. The molecule has 0 bridgehead atoms. The van der Waals surface area contributed by atoms with E-state index in [1.807, 2.05) is 0 Å². The van der Waals surface area contributed by atoms with Crippen molar-refractivity contribution in [2.45, 2.75) is 0 Å². The predicted molar refractivity (Wildman–Crippen MR) is 20.0 cm³/mol. The van der Waals surface area contributed by atoms with Gasteiger partial charge in [0, 0.05) is 7.11 Å². The maximum atomic E-state index is 9.84. The first-order chi connectivity index (χ1) is 3.50. The molecule has 0 rings (SSSR count). The van der Waals surface area contributed by atoms with Gasteiger partial charge in [-0.2, -0.15) is 0 Å².